The summed E-state index contributed by atoms with van der Waals surface area (Å²) in [5.74, 6) is -0.288. The van der Waals surface area contributed by atoms with Crippen LogP contribution < -0.4 is 0 Å². The van der Waals surface area contributed by atoms with E-state index < -0.39 is 6.23 Å². The molecule has 0 saturated carbocycles. The van der Waals surface area contributed by atoms with Crippen molar-refractivity contribution in [3.8, 4) is 0 Å². The SMILES string of the molecule is CCN1C(OC)C(=O)OCC1(C)C. The van der Waals surface area contributed by atoms with Crippen LogP contribution in [0.5, 0.6) is 0 Å². The Hall–Kier alpha value is -0.610. The van der Waals surface area contributed by atoms with E-state index in [2.05, 4.69) is 0 Å². The second-order valence-electron chi connectivity index (χ2n) is 3.79. The average Bonchev–Trinajstić information content (AvgIpc) is 2.08. The van der Waals surface area contributed by atoms with Crippen LogP contribution in [0.3, 0.4) is 0 Å². The molecule has 0 aromatic carbocycles. The lowest BCUT2D eigenvalue weighted by atomic mass is 10.0. The van der Waals surface area contributed by atoms with Crippen molar-refractivity contribution in [3.63, 3.8) is 0 Å². The molecule has 1 saturated heterocycles. The van der Waals surface area contributed by atoms with E-state index in [1.54, 1.807) is 0 Å². The van der Waals surface area contributed by atoms with Gasteiger partial charge in [-0.2, -0.15) is 0 Å². The zero-order valence-corrected chi connectivity index (χ0v) is 8.66. The van der Waals surface area contributed by atoms with Crippen molar-refractivity contribution in [1.82, 2.24) is 4.90 Å². The first-order valence-corrected chi connectivity index (χ1v) is 4.49. The highest BCUT2D eigenvalue weighted by atomic mass is 16.6. The summed E-state index contributed by atoms with van der Waals surface area (Å²) in [5.41, 5.74) is -0.136. The van der Waals surface area contributed by atoms with Gasteiger partial charge in [0.2, 0.25) is 6.23 Å². The summed E-state index contributed by atoms with van der Waals surface area (Å²) in [6.45, 7) is 7.29. The maximum Gasteiger partial charge on any atom is 0.350 e. The van der Waals surface area contributed by atoms with Gasteiger partial charge >= 0.3 is 5.97 Å². The van der Waals surface area contributed by atoms with Crippen LogP contribution in [0.1, 0.15) is 20.8 Å². The van der Waals surface area contributed by atoms with Gasteiger partial charge in [-0.25, -0.2) is 4.79 Å². The third-order valence-electron chi connectivity index (χ3n) is 2.39. The Balaban J connectivity index is 2.83. The van der Waals surface area contributed by atoms with E-state index in [4.69, 9.17) is 9.47 Å². The number of hydrogen-bond donors (Lipinski definition) is 0. The highest BCUT2D eigenvalue weighted by molar-refractivity contribution is 5.75. The first-order chi connectivity index (χ1) is 6.03. The Labute approximate surface area is 78.8 Å². The summed E-state index contributed by atoms with van der Waals surface area (Å²) in [7, 11) is 1.52. The number of nitrogens with zero attached hydrogens (tertiary/aromatic N) is 1. The minimum absolute atomic E-state index is 0.136. The highest BCUT2D eigenvalue weighted by Gasteiger charge is 2.42. The predicted molar refractivity (Wildman–Crippen MR) is 48.2 cm³/mol. The van der Waals surface area contributed by atoms with E-state index in [0.29, 0.717) is 6.61 Å². The summed E-state index contributed by atoms with van der Waals surface area (Å²) in [6, 6.07) is 0. The summed E-state index contributed by atoms with van der Waals surface area (Å²) in [4.78, 5) is 13.3. The van der Waals surface area contributed by atoms with Gasteiger partial charge in [0.25, 0.3) is 0 Å². The van der Waals surface area contributed by atoms with Crippen LogP contribution in [-0.2, 0) is 14.3 Å². The molecule has 0 amide bonds. The minimum atomic E-state index is -0.547. The molecule has 4 nitrogen and oxygen atoms in total. The topological polar surface area (TPSA) is 38.8 Å². The predicted octanol–water partition coefficient (Wildman–Crippen LogP) is 0.616. The van der Waals surface area contributed by atoms with Crippen molar-refractivity contribution >= 4 is 5.97 Å². The zero-order valence-electron chi connectivity index (χ0n) is 8.66. The molecule has 0 radical (unpaired) electrons. The molecule has 1 rings (SSSR count). The highest BCUT2D eigenvalue weighted by Crippen LogP contribution is 2.23. The van der Waals surface area contributed by atoms with Gasteiger partial charge in [0.15, 0.2) is 0 Å². The monoisotopic (exact) mass is 187 g/mol. The second-order valence-corrected chi connectivity index (χ2v) is 3.79. The van der Waals surface area contributed by atoms with E-state index in [-0.39, 0.29) is 11.5 Å². The van der Waals surface area contributed by atoms with Gasteiger partial charge in [0.1, 0.15) is 6.61 Å². The first kappa shape index (κ1) is 10.5. The van der Waals surface area contributed by atoms with Crippen LogP contribution >= 0.6 is 0 Å². The third kappa shape index (κ3) is 1.84. The van der Waals surface area contributed by atoms with Gasteiger partial charge in [-0.1, -0.05) is 6.92 Å². The number of likely N-dealkylation sites (N-methyl/N-ethyl adjacent to an activating group) is 1. The number of morpholine rings is 1. The van der Waals surface area contributed by atoms with Crippen LogP contribution in [0.4, 0.5) is 0 Å². The van der Waals surface area contributed by atoms with E-state index >= 15 is 0 Å². The van der Waals surface area contributed by atoms with Crippen molar-refractivity contribution in [3.05, 3.63) is 0 Å². The molecular weight excluding hydrogens is 170 g/mol. The van der Waals surface area contributed by atoms with Crippen molar-refractivity contribution in [1.29, 1.82) is 0 Å². The van der Waals surface area contributed by atoms with Gasteiger partial charge in [0, 0.05) is 7.11 Å². The zero-order chi connectivity index (χ0) is 10.1. The normalized spacial score (nSPS) is 28.6. The van der Waals surface area contributed by atoms with Crippen molar-refractivity contribution in [2.45, 2.75) is 32.5 Å². The molecule has 0 spiro atoms. The van der Waals surface area contributed by atoms with Crippen molar-refractivity contribution in [2.75, 3.05) is 20.3 Å². The van der Waals surface area contributed by atoms with E-state index in [1.807, 2.05) is 25.7 Å². The van der Waals surface area contributed by atoms with Crippen LogP contribution in [0.15, 0.2) is 0 Å². The Morgan fingerprint density at radius 2 is 2.31 bits per heavy atom. The lowest BCUT2D eigenvalue weighted by Gasteiger charge is -2.44. The summed E-state index contributed by atoms with van der Waals surface area (Å²) >= 11 is 0. The Bertz CT molecular complexity index is 203. The van der Waals surface area contributed by atoms with Gasteiger partial charge in [-0.15, -0.1) is 0 Å². The van der Waals surface area contributed by atoms with Gasteiger partial charge in [-0.05, 0) is 20.4 Å². The third-order valence-corrected chi connectivity index (χ3v) is 2.39. The fourth-order valence-corrected chi connectivity index (χ4v) is 1.66. The molecule has 13 heavy (non-hydrogen) atoms. The number of esters is 1. The summed E-state index contributed by atoms with van der Waals surface area (Å²) in [6.07, 6.45) is -0.547. The molecule has 1 heterocycles. The number of rotatable bonds is 2. The number of hydrogen-bond acceptors (Lipinski definition) is 4. The molecule has 1 aliphatic rings. The molecule has 1 aliphatic heterocycles. The lowest BCUT2D eigenvalue weighted by Crippen LogP contribution is -2.60. The van der Waals surface area contributed by atoms with Gasteiger partial charge < -0.3 is 9.47 Å². The fraction of sp³-hybridized carbons (Fsp3) is 0.889. The summed E-state index contributed by atoms with van der Waals surface area (Å²) in [5, 5.41) is 0. The molecule has 76 valence electrons. The van der Waals surface area contributed by atoms with E-state index in [9.17, 15) is 4.79 Å². The molecule has 1 atom stereocenters. The molecule has 1 unspecified atom stereocenters. The van der Waals surface area contributed by atoms with Crippen LogP contribution in [0.25, 0.3) is 0 Å². The number of carbonyl (C=O) groups is 1. The molecule has 0 N–H and O–H groups in total. The molecular formula is C9H17NO3. The van der Waals surface area contributed by atoms with E-state index in [0.717, 1.165) is 6.54 Å². The standard InChI is InChI=1S/C9H17NO3/c1-5-10-7(12-4)8(11)13-6-9(10,2)3/h7H,5-6H2,1-4H3. The van der Waals surface area contributed by atoms with Crippen molar-refractivity contribution < 1.29 is 14.3 Å². The molecule has 0 aliphatic carbocycles. The molecule has 4 heteroatoms. The van der Waals surface area contributed by atoms with Crippen LogP contribution in [0, 0.1) is 0 Å². The number of methoxy groups -OCH3 is 1. The smallest absolute Gasteiger partial charge is 0.350 e. The molecule has 0 aromatic heterocycles. The first-order valence-electron chi connectivity index (χ1n) is 4.49. The van der Waals surface area contributed by atoms with Crippen LogP contribution in [0.2, 0.25) is 0 Å². The molecule has 0 bridgehead atoms. The van der Waals surface area contributed by atoms with Crippen molar-refractivity contribution in [2.24, 2.45) is 0 Å². The van der Waals surface area contributed by atoms with Crippen LogP contribution in [-0.4, -0.2) is 42.9 Å². The molecule has 1 fully saturated rings. The summed E-state index contributed by atoms with van der Waals surface area (Å²) < 4.78 is 10.1. The Morgan fingerprint density at radius 1 is 1.69 bits per heavy atom. The number of ether oxygens (including phenoxy) is 2. The molecule has 0 aromatic rings. The second kappa shape index (κ2) is 3.64. The largest absolute Gasteiger partial charge is 0.461 e. The lowest BCUT2D eigenvalue weighted by molar-refractivity contribution is -0.198. The fourth-order valence-electron chi connectivity index (χ4n) is 1.66. The Morgan fingerprint density at radius 3 is 2.69 bits per heavy atom. The number of cyclic esters (lactones) is 1. The number of carbonyl (C=O) groups excluding carboxylic acids is 1. The quantitative estimate of drug-likeness (QED) is 0.594. The van der Waals surface area contributed by atoms with Gasteiger partial charge in [0.05, 0.1) is 5.54 Å². The van der Waals surface area contributed by atoms with E-state index in [1.165, 1.54) is 7.11 Å². The maximum atomic E-state index is 11.3. The van der Waals surface area contributed by atoms with Gasteiger partial charge in [-0.3, -0.25) is 4.90 Å². The maximum absolute atomic E-state index is 11.3. The Kier molecular flexibility index (Phi) is 2.93. The minimum Gasteiger partial charge on any atom is -0.461 e. The average molecular weight is 187 g/mol.